The zero-order valence-corrected chi connectivity index (χ0v) is 14.1. The lowest BCUT2D eigenvalue weighted by Gasteiger charge is -2.32. The fourth-order valence-corrected chi connectivity index (χ4v) is 2.98. The van der Waals surface area contributed by atoms with Crippen LogP contribution >= 0.6 is 24.0 Å². The Labute approximate surface area is 134 Å². The number of halogens is 1. The molecular formula is C14H25IN4. The number of nitrogens with zero attached hydrogens (tertiary/aromatic N) is 3. The van der Waals surface area contributed by atoms with Gasteiger partial charge in [0.1, 0.15) is 0 Å². The molecule has 0 aromatic heterocycles. The van der Waals surface area contributed by atoms with Gasteiger partial charge in [-0.2, -0.15) is 0 Å². The van der Waals surface area contributed by atoms with Crippen molar-refractivity contribution in [1.29, 1.82) is 0 Å². The minimum Gasteiger partial charge on any atom is -0.345 e. The molecular weight excluding hydrogens is 351 g/mol. The van der Waals surface area contributed by atoms with Gasteiger partial charge < -0.3 is 10.2 Å². The van der Waals surface area contributed by atoms with Gasteiger partial charge >= 0.3 is 0 Å². The first kappa shape index (κ1) is 16.6. The summed E-state index contributed by atoms with van der Waals surface area (Å²) in [5, 5.41) is 3.21. The summed E-state index contributed by atoms with van der Waals surface area (Å²) >= 11 is 0. The van der Waals surface area contributed by atoms with Gasteiger partial charge in [-0.25, -0.2) is 0 Å². The highest BCUT2D eigenvalue weighted by Crippen LogP contribution is 2.20. The summed E-state index contributed by atoms with van der Waals surface area (Å²) in [6, 6.07) is 0.703. The first-order chi connectivity index (χ1) is 8.85. The summed E-state index contributed by atoms with van der Waals surface area (Å²) in [7, 11) is 1.83. The summed E-state index contributed by atoms with van der Waals surface area (Å²) in [6.07, 6.45) is 10.7. The van der Waals surface area contributed by atoms with E-state index < -0.39 is 0 Å². The molecule has 1 N–H and O–H groups in total. The molecule has 0 bridgehead atoms. The number of nitrogens with one attached hydrogen (secondary N) is 1. The molecule has 2 aliphatic heterocycles. The maximum Gasteiger partial charge on any atom is 0.194 e. The minimum atomic E-state index is 0. The molecule has 2 heterocycles. The number of rotatable bonds is 2. The van der Waals surface area contributed by atoms with Gasteiger partial charge in [-0.3, -0.25) is 9.89 Å². The molecule has 0 amide bonds. The molecule has 0 saturated carbocycles. The van der Waals surface area contributed by atoms with Crippen LogP contribution in [-0.2, 0) is 0 Å². The van der Waals surface area contributed by atoms with Crippen LogP contribution in [0.1, 0.15) is 25.7 Å². The monoisotopic (exact) mass is 376 g/mol. The topological polar surface area (TPSA) is 30.9 Å². The number of aliphatic imine (C=N–C) groups is 1. The second kappa shape index (κ2) is 8.64. The van der Waals surface area contributed by atoms with Crippen LogP contribution in [0.25, 0.3) is 0 Å². The van der Waals surface area contributed by atoms with Crippen LogP contribution in [0, 0.1) is 12.3 Å². The van der Waals surface area contributed by atoms with Gasteiger partial charge in [-0.1, -0.05) is 12.3 Å². The van der Waals surface area contributed by atoms with E-state index >= 15 is 0 Å². The van der Waals surface area contributed by atoms with E-state index in [1.165, 1.54) is 38.8 Å². The average molecular weight is 376 g/mol. The van der Waals surface area contributed by atoms with Gasteiger partial charge in [0.15, 0.2) is 5.96 Å². The zero-order valence-electron chi connectivity index (χ0n) is 11.8. The minimum absolute atomic E-state index is 0. The quantitative estimate of drug-likeness (QED) is 0.342. The number of terminal acetylenes is 1. The van der Waals surface area contributed by atoms with Crippen LogP contribution in [-0.4, -0.2) is 61.6 Å². The van der Waals surface area contributed by atoms with Crippen molar-refractivity contribution >= 4 is 29.9 Å². The first-order valence-corrected chi connectivity index (χ1v) is 6.98. The molecule has 0 radical (unpaired) electrons. The average Bonchev–Trinajstić information content (AvgIpc) is 2.90. The van der Waals surface area contributed by atoms with E-state index in [4.69, 9.17) is 6.42 Å². The third-order valence-electron chi connectivity index (χ3n) is 3.93. The molecule has 0 aromatic rings. The first-order valence-electron chi connectivity index (χ1n) is 6.98. The molecule has 0 aliphatic carbocycles. The highest BCUT2D eigenvalue weighted by Gasteiger charge is 2.29. The number of hydrogen-bond donors (Lipinski definition) is 1. The van der Waals surface area contributed by atoms with Crippen LogP contribution in [0.3, 0.4) is 0 Å². The summed E-state index contributed by atoms with van der Waals surface area (Å²) in [4.78, 5) is 9.29. The Morgan fingerprint density at radius 3 is 2.68 bits per heavy atom. The van der Waals surface area contributed by atoms with Crippen molar-refractivity contribution in [1.82, 2.24) is 15.1 Å². The lowest BCUT2D eigenvalue weighted by Crippen LogP contribution is -2.44. The van der Waals surface area contributed by atoms with Crippen LogP contribution < -0.4 is 5.32 Å². The van der Waals surface area contributed by atoms with Gasteiger partial charge in [-0.05, 0) is 32.4 Å². The Hall–Kier alpha value is -0.480. The van der Waals surface area contributed by atoms with Crippen molar-refractivity contribution < 1.29 is 0 Å². The number of piperidine rings is 1. The van der Waals surface area contributed by atoms with E-state index in [9.17, 15) is 0 Å². The third kappa shape index (κ3) is 4.53. The van der Waals surface area contributed by atoms with Gasteiger partial charge in [-0.15, -0.1) is 30.4 Å². The summed E-state index contributed by atoms with van der Waals surface area (Å²) in [5.41, 5.74) is 0. The predicted octanol–water partition coefficient (Wildman–Crippen LogP) is 1.37. The number of likely N-dealkylation sites (tertiary alicyclic amines) is 2. The summed E-state index contributed by atoms with van der Waals surface area (Å²) < 4.78 is 0. The third-order valence-corrected chi connectivity index (χ3v) is 3.93. The molecule has 2 fully saturated rings. The Morgan fingerprint density at radius 1 is 1.32 bits per heavy atom. The standard InChI is InChI=1S/C14H24N4.HI/c1-3-8-16-14(15-2)18-11-7-13(12-18)17-9-5-4-6-10-17;/h1,13H,4-12H2,2H3,(H,15,16);1H. The van der Waals surface area contributed by atoms with Crippen LogP contribution in [0.5, 0.6) is 0 Å². The maximum absolute atomic E-state index is 5.28. The fourth-order valence-electron chi connectivity index (χ4n) is 2.98. The number of guanidine groups is 1. The maximum atomic E-state index is 5.28. The van der Waals surface area contributed by atoms with Crippen molar-refractivity contribution in [2.45, 2.75) is 31.7 Å². The smallest absolute Gasteiger partial charge is 0.194 e. The Balaban J connectivity index is 0.00000180. The van der Waals surface area contributed by atoms with Crippen molar-refractivity contribution in [2.24, 2.45) is 4.99 Å². The van der Waals surface area contributed by atoms with Crippen LogP contribution in [0.4, 0.5) is 0 Å². The Morgan fingerprint density at radius 2 is 2.05 bits per heavy atom. The molecule has 2 rings (SSSR count). The van der Waals surface area contributed by atoms with Gasteiger partial charge in [0, 0.05) is 26.2 Å². The second-order valence-corrected chi connectivity index (χ2v) is 5.09. The van der Waals surface area contributed by atoms with Gasteiger partial charge in [0.2, 0.25) is 0 Å². The van der Waals surface area contributed by atoms with Gasteiger partial charge in [0.25, 0.3) is 0 Å². The highest BCUT2D eigenvalue weighted by molar-refractivity contribution is 14.0. The number of hydrogen-bond acceptors (Lipinski definition) is 2. The van der Waals surface area contributed by atoms with Crippen molar-refractivity contribution in [3.63, 3.8) is 0 Å². The van der Waals surface area contributed by atoms with Crippen LogP contribution in [0.15, 0.2) is 4.99 Å². The molecule has 2 saturated heterocycles. The molecule has 0 spiro atoms. The lowest BCUT2D eigenvalue weighted by molar-refractivity contribution is 0.168. The molecule has 2 aliphatic rings. The van der Waals surface area contributed by atoms with Crippen molar-refractivity contribution in [3.05, 3.63) is 0 Å². The van der Waals surface area contributed by atoms with Gasteiger partial charge in [0.05, 0.1) is 6.54 Å². The second-order valence-electron chi connectivity index (χ2n) is 5.09. The molecule has 19 heavy (non-hydrogen) atoms. The van der Waals surface area contributed by atoms with E-state index in [-0.39, 0.29) is 24.0 Å². The van der Waals surface area contributed by atoms with Crippen molar-refractivity contribution in [3.8, 4) is 12.3 Å². The molecule has 4 nitrogen and oxygen atoms in total. The lowest BCUT2D eigenvalue weighted by atomic mass is 10.1. The Bertz CT molecular complexity index is 331. The van der Waals surface area contributed by atoms with Crippen LogP contribution in [0.2, 0.25) is 0 Å². The predicted molar refractivity (Wildman–Crippen MR) is 91.0 cm³/mol. The summed E-state index contributed by atoms with van der Waals surface area (Å²) in [6.45, 7) is 5.27. The molecule has 5 heteroatoms. The molecule has 108 valence electrons. The zero-order chi connectivity index (χ0) is 12.8. The largest absolute Gasteiger partial charge is 0.345 e. The fraction of sp³-hybridized carbons (Fsp3) is 0.786. The van der Waals surface area contributed by atoms with E-state index in [0.29, 0.717) is 12.6 Å². The highest BCUT2D eigenvalue weighted by atomic mass is 127. The molecule has 0 aromatic carbocycles. The molecule has 1 unspecified atom stereocenters. The van der Waals surface area contributed by atoms with E-state index in [1.54, 1.807) is 0 Å². The van der Waals surface area contributed by atoms with E-state index in [1.807, 2.05) is 7.05 Å². The Kier molecular flexibility index (Phi) is 7.54. The van der Waals surface area contributed by atoms with E-state index in [2.05, 4.69) is 26.0 Å². The SMILES string of the molecule is C#CCNC(=NC)N1CCC(N2CCCCC2)C1.I. The molecule has 1 atom stereocenters. The van der Waals surface area contributed by atoms with E-state index in [0.717, 1.165) is 19.0 Å². The normalized spacial score (nSPS) is 24.7. The van der Waals surface area contributed by atoms with Crippen molar-refractivity contribution in [2.75, 3.05) is 39.8 Å². The summed E-state index contributed by atoms with van der Waals surface area (Å²) in [5.74, 6) is 3.55.